The quantitative estimate of drug-likeness (QED) is 0.348. The second-order valence-electron chi connectivity index (χ2n) is 7.56. The van der Waals surface area contributed by atoms with Crippen molar-refractivity contribution in [2.45, 2.75) is 13.3 Å². The van der Waals surface area contributed by atoms with Crippen LogP contribution in [0, 0.1) is 12.7 Å². The number of rotatable bonds is 4. The molecule has 36 heavy (non-hydrogen) atoms. The molecule has 0 saturated heterocycles. The van der Waals surface area contributed by atoms with Gasteiger partial charge in [0, 0.05) is 17.5 Å². The first-order chi connectivity index (χ1) is 17.1. The zero-order chi connectivity index (χ0) is 26.4. The molecule has 1 aliphatic rings. The normalized spacial score (nSPS) is 12.2. The summed E-state index contributed by atoms with van der Waals surface area (Å²) in [7, 11) is 0. The van der Waals surface area contributed by atoms with Crippen LogP contribution in [0.2, 0.25) is 20.1 Å². The highest BCUT2D eigenvalue weighted by Gasteiger charge is 2.22. The predicted molar refractivity (Wildman–Crippen MR) is 139 cm³/mol. The Morgan fingerprint density at radius 3 is 2.11 bits per heavy atom. The zero-order valence-corrected chi connectivity index (χ0v) is 21.9. The summed E-state index contributed by atoms with van der Waals surface area (Å²) in [6.45, 7) is 2.63. The Hall–Kier alpha value is -2.71. The van der Waals surface area contributed by atoms with E-state index in [-0.39, 0.29) is 25.7 Å². The summed E-state index contributed by atoms with van der Waals surface area (Å²) >= 11 is 23.8. The Morgan fingerprint density at radius 2 is 1.53 bits per heavy atom. The van der Waals surface area contributed by atoms with Crippen LogP contribution in [-0.2, 0) is 4.79 Å². The Balaban J connectivity index is 0.000000214. The van der Waals surface area contributed by atoms with Crippen molar-refractivity contribution in [1.82, 2.24) is 5.32 Å². The number of benzene rings is 3. The molecule has 0 spiro atoms. The number of hydrogen-bond donors (Lipinski definition) is 2. The molecule has 11 heteroatoms. The minimum atomic E-state index is -1.13. The molecule has 1 amide bonds. The molecule has 0 atom stereocenters. The number of hydrogen-bond acceptors (Lipinski definition) is 4. The van der Waals surface area contributed by atoms with Gasteiger partial charge < -0.3 is 19.9 Å². The van der Waals surface area contributed by atoms with E-state index in [1.807, 2.05) is 19.1 Å². The summed E-state index contributed by atoms with van der Waals surface area (Å²) in [6.07, 6.45) is 0.804. The summed E-state index contributed by atoms with van der Waals surface area (Å²) < 4.78 is 24.9. The van der Waals surface area contributed by atoms with E-state index in [4.69, 9.17) is 61.0 Å². The van der Waals surface area contributed by atoms with Crippen LogP contribution < -0.4 is 14.8 Å². The first-order valence-corrected chi connectivity index (χ1v) is 12.1. The number of nitrogens with one attached hydrogen (secondary N) is 1. The summed E-state index contributed by atoms with van der Waals surface area (Å²) in [5, 5.41) is 11.4. The van der Waals surface area contributed by atoms with Crippen molar-refractivity contribution in [1.29, 1.82) is 0 Å². The SMILES string of the molecule is Cc1ccc(-c2c(Cl)cc(F)cc2Cl)c2c1OCCCO2.O=C(O)CNC(=O)c1c(Cl)cccc1Cl. The summed E-state index contributed by atoms with van der Waals surface area (Å²) in [6, 6.07) is 10.9. The highest BCUT2D eigenvalue weighted by atomic mass is 35.5. The van der Waals surface area contributed by atoms with Crippen molar-refractivity contribution < 1.29 is 28.6 Å². The number of halogens is 5. The lowest BCUT2D eigenvalue weighted by atomic mass is 10.0. The largest absolute Gasteiger partial charge is 0.489 e. The molecule has 6 nitrogen and oxygen atoms in total. The van der Waals surface area contributed by atoms with Gasteiger partial charge in [-0.25, -0.2) is 4.39 Å². The third-order valence-corrected chi connectivity index (χ3v) is 6.18. The molecule has 0 saturated carbocycles. The lowest BCUT2D eigenvalue weighted by Gasteiger charge is -2.16. The van der Waals surface area contributed by atoms with E-state index in [1.54, 1.807) is 6.07 Å². The van der Waals surface area contributed by atoms with Crippen LogP contribution in [0.5, 0.6) is 11.5 Å². The van der Waals surface area contributed by atoms with Gasteiger partial charge in [0.1, 0.15) is 12.4 Å². The molecule has 0 radical (unpaired) electrons. The molecule has 3 aromatic rings. The van der Waals surface area contributed by atoms with E-state index in [1.165, 1.54) is 24.3 Å². The van der Waals surface area contributed by atoms with Crippen molar-refractivity contribution in [2.75, 3.05) is 19.8 Å². The first kappa shape index (κ1) is 27.9. The van der Waals surface area contributed by atoms with E-state index in [0.29, 0.717) is 35.8 Å². The fourth-order valence-corrected chi connectivity index (χ4v) is 4.58. The van der Waals surface area contributed by atoms with E-state index < -0.39 is 24.2 Å². The minimum Gasteiger partial charge on any atom is -0.489 e. The van der Waals surface area contributed by atoms with Crippen LogP contribution in [0.25, 0.3) is 11.1 Å². The molecule has 1 heterocycles. The molecule has 0 aliphatic carbocycles. The van der Waals surface area contributed by atoms with Crippen molar-refractivity contribution in [2.24, 2.45) is 0 Å². The Bertz CT molecular complexity index is 1260. The molecule has 3 aromatic carbocycles. The second-order valence-corrected chi connectivity index (χ2v) is 9.19. The van der Waals surface area contributed by atoms with Crippen LogP contribution >= 0.6 is 46.4 Å². The molecule has 0 unspecified atom stereocenters. The first-order valence-electron chi connectivity index (χ1n) is 10.6. The highest BCUT2D eigenvalue weighted by molar-refractivity contribution is 6.40. The molecule has 0 aromatic heterocycles. The van der Waals surface area contributed by atoms with Crippen LogP contribution in [0.4, 0.5) is 4.39 Å². The van der Waals surface area contributed by atoms with Gasteiger partial charge in [-0.15, -0.1) is 0 Å². The molecular formula is C25H20Cl4FNO5. The molecule has 0 bridgehead atoms. The van der Waals surface area contributed by atoms with Crippen LogP contribution in [-0.4, -0.2) is 36.7 Å². The smallest absolute Gasteiger partial charge is 0.322 e. The predicted octanol–water partition coefficient (Wildman–Crippen LogP) is 7.08. The number of carboxylic acids is 1. The molecule has 1 aliphatic heterocycles. The van der Waals surface area contributed by atoms with Gasteiger partial charge in [0.2, 0.25) is 0 Å². The van der Waals surface area contributed by atoms with Gasteiger partial charge in [-0.05, 0) is 36.8 Å². The number of aliphatic carboxylic acids is 1. The second kappa shape index (κ2) is 12.5. The number of amides is 1. The standard InChI is InChI=1S/C16H13Cl2FO2.C9H7Cl2NO3/c1-9-3-4-11(16-15(9)20-5-2-6-21-16)14-12(17)7-10(19)8-13(14)18;10-5-2-1-3-6(11)8(5)9(15)12-4-7(13)14/h3-4,7-8H,2,5-6H2,1H3;1-3H,4H2,(H,12,15)(H,13,14). The van der Waals surface area contributed by atoms with Crippen molar-refractivity contribution >= 4 is 58.3 Å². The zero-order valence-electron chi connectivity index (χ0n) is 18.8. The summed E-state index contributed by atoms with van der Waals surface area (Å²) in [4.78, 5) is 21.7. The van der Waals surface area contributed by atoms with Crippen molar-refractivity contribution in [3.63, 3.8) is 0 Å². The van der Waals surface area contributed by atoms with E-state index >= 15 is 0 Å². The Kier molecular flexibility index (Phi) is 9.68. The number of carboxylic acid groups (broad SMARTS) is 1. The number of ether oxygens (including phenoxy) is 2. The maximum Gasteiger partial charge on any atom is 0.322 e. The lowest BCUT2D eigenvalue weighted by Crippen LogP contribution is -2.29. The highest BCUT2D eigenvalue weighted by Crippen LogP contribution is 2.46. The number of carbonyl (C=O) groups is 2. The molecule has 4 rings (SSSR count). The molecule has 0 fully saturated rings. The van der Waals surface area contributed by atoms with Crippen molar-refractivity contribution in [3.05, 3.63) is 79.5 Å². The number of fused-ring (bicyclic) bond motifs is 1. The minimum absolute atomic E-state index is 0.0853. The fourth-order valence-electron chi connectivity index (χ4n) is 3.35. The van der Waals surface area contributed by atoms with Gasteiger partial charge in [-0.1, -0.05) is 64.6 Å². The molecule has 2 N–H and O–H groups in total. The van der Waals surface area contributed by atoms with Gasteiger partial charge in [-0.3, -0.25) is 9.59 Å². The molecule has 190 valence electrons. The van der Waals surface area contributed by atoms with Gasteiger partial charge in [0.15, 0.2) is 11.5 Å². The maximum absolute atomic E-state index is 13.4. The van der Waals surface area contributed by atoms with Crippen LogP contribution in [0.3, 0.4) is 0 Å². The lowest BCUT2D eigenvalue weighted by molar-refractivity contribution is -0.135. The van der Waals surface area contributed by atoms with E-state index in [0.717, 1.165) is 12.0 Å². The van der Waals surface area contributed by atoms with E-state index in [2.05, 4.69) is 5.32 Å². The van der Waals surface area contributed by atoms with Gasteiger partial charge in [0.25, 0.3) is 5.91 Å². The average Bonchev–Trinajstić information content (AvgIpc) is 3.06. The van der Waals surface area contributed by atoms with Crippen LogP contribution in [0.15, 0.2) is 42.5 Å². The van der Waals surface area contributed by atoms with Gasteiger partial charge >= 0.3 is 5.97 Å². The topological polar surface area (TPSA) is 84.9 Å². The van der Waals surface area contributed by atoms with Crippen molar-refractivity contribution in [3.8, 4) is 22.6 Å². The Labute approximate surface area is 226 Å². The Morgan fingerprint density at radius 1 is 0.944 bits per heavy atom. The van der Waals surface area contributed by atoms with Gasteiger partial charge in [-0.2, -0.15) is 0 Å². The van der Waals surface area contributed by atoms with Crippen LogP contribution in [0.1, 0.15) is 22.3 Å². The maximum atomic E-state index is 13.4. The summed E-state index contributed by atoms with van der Waals surface area (Å²) in [5.74, 6) is -0.895. The van der Waals surface area contributed by atoms with Gasteiger partial charge in [0.05, 0.1) is 38.9 Å². The van der Waals surface area contributed by atoms with E-state index in [9.17, 15) is 14.0 Å². The average molecular weight is 575 g/mol. The molecular weight excluding hydrogens is 555 g/mol. The number of aryl methyl sites for hydroxylation is 1. The fraction of sp³-hybridized carbons (Fsp3) is 0.200. The third kappa shape index (κ3) is 6.73. The summed E-state index contributed by atoms with van der Waals surface area (Å²) in [5.41, 5.74) is 2.33. The monoisotopic (exact) mass is 573 g/mol. The number of carbonyl (C=O) groups excluding carboxylic acids is 1. The third-order valence-electron chi connectivity index (χ3n) is 4.96.